The summed E-state index contributed by atoms with van der Waals surface area (Å²) in [5.74, 6) is 3.12. The SMILES string of the molecule is CCCc1ccc([C@H]2CC[C@H]([C@H]3CC[C@H](C=CF)CC3)CC2)cc1. The fraction of sp³-hybridized carbons (Fsp3) is 0.652. The molecule has 1 heteroatoms. The van der Waals surface area contributed by atoms with E-state index in [1.54, 1.807) is 11.6 Å². The second kappa shape index (κ2) is 8.83. The summed E-state index contributed by atoms with van der Waals surface area (Å²) < 4.78 is 12.3. The van der Waals surface area contributed by atoms with E-state index in [-0.39, 0.29) is 0 Å². The van der Waals surface area contributed by atoms with Crippen molar-refractivity contribution >= 4 is 0 Å². The summed E-state index contributed by atoms with van der Waals surface area (Å²) >= 11 is 0. The summed E-state index contributed by atoms with van der Waals surface area (Å²) in [6.45, 7) is 2.25. The number of hydrogen-bond acceptors (Lipinski definition) is 0. The van der Waals surface area contributed by atoms with E-state index in [2.05, 4.69) is 31.2 Å². The van der Waals surface area contributed by atoms with E-state index >= 15 is 0 Å². The predicted octanol–water partition coefficient (Wildman–Crippen LogP) is 7.20. The van der Waals surface area contributed by atoms with Crippen molar-refractivity contribution in [3.63, 3.8) is 0 Å². The molecule has 1 aromatic carbocycles. The molecule has 24 heavy (non-hydrogen) atoms. The van der Waals surface area contributed by atoms with Gasteiger partial charge in [0.15, 0.2) is 0 Å². The minimum Gasteiger partial charge on any atom is -0.216 e. The maximum atomic E-state index is 12.3. The molecule has 132 valence electrons. The number of aryl methyl sites for hydroxylation is 1. The highest BCUT2D eigenvalue weighted by Crippen LogP contribution is 2.44. The van der Waals surface area contributed by atoms with E-state index in [1.165, 1.54) is 69.8 Å². The Balaban J connectivity index is 1.47. The standard InChI is InChI=1S/C23H33F/c1-2-3-18-4-8-20(9-5-18)22-12-14-23(15-13-22)21-10-6-19(7-11-21)16-17-24/h4-5,8-9,16-17,19,21-23H,2-3,6-7,10-15H2,1H3/t19-,21-,22-,23-. The van der Waals surface area contributed by atoms with Gasteiger partial charge in [0.05, 0.1) is 6.33 Å². The summed E-state index contributed by atoms with van der Waals surface area (Å²) in [4.78, 5) is 0. The lowest BCUT2D eigenvalue weighted by Gasteiger charge is -2.37. The molecule has 1 aromatic rings. The summed E-state index contributed by atoms with van der Waals surface area (Å²) in [6.07, 6.45) is 15.5. The van der Waals surface area contributed by atoms with Gasteiger partial charge in [-0.3, -0.25) is 0 Å². The van der Waals surface area contributed by atoms with Crippen molar-refractivity contribution in [3.05, 3.63) is 47.8 Å². The first-order chi connectivity index (χ1) is 11.8. The fourth-order valence-electron chi connectivity index (χ4n) is 5.08. The Morgan fingerprint density at radius 3 is 2.00 bits per heavy atom. The van der Waals surface area contributed by atoms with E-state index in [0.717, 1.165) is 24.1 Å². The minimum atomic E-state index is 0.504. The molecule has 0 spiro atoms. The van der Waals surface area contributed by atoms with Crippen molar-refractivity contribution in [2.75, 3.05) is 0 Å². The molecule has 0 unspecified atom stereocenters. The molecule has 0 amide bonds. The lowest BCUT2D eigenvalue weighted by molar-refractivity contribution is 0.171. The number of rotatable bonds is 5. The Kier molecular flexibility index (Phi) is 6.51. The fourth-order valence-corrected chi connectivity index (χ4v) is 5.08. The number of halogens is 1. The van der Waals surface area contributed by atoms with Gasteiger partial charge in [-0.1, -0.05) is 43.7 Å². The van der Waals surface area contributed by atoms with Crippen molar-refractivity contribution in [1.82, 2.24) is 0 Å². The highest BCUT2D eigenvalue weighted by molar-refractivity contribution is 5.26. The average molecular weight is 329 g/mol. The number of hydrogen-bond donors (Lipinski definition) is 0. The van der Waals surface area contributed by atoms with Gasteiger partial charge in [-0.05, 0) is 92.6 Å². The van der Waals surface area contributed by atoms with Gasteiger partial charge in [0.1, 0.15) is 0 Å². The third-order valence-corrected chi connectivity index (χ3v) is 6.59. The van der Waals surface area contributed by atoms with Crippen LogP contribution >= 0.6 is 0 Å². The topological polar surface area (TPSA) is 0 Å². The second-order valence-electron chi connectivity index (χ2n) is 8.10. The second-order valence-corrected chi connectivity index (χ2v) is 8.10. The van der Waals surface area contributed by atoms with Crippen LogP contribution in [0.2, 0.25) is 0 Å². The Morgan fingerprint density at radius 2 is 1.46 bits per heavy atom. The zero-order valence-corrected chi connectivity index (χ0v) is 15.2. The van der Waals surface area contributed by atoms with Gasteiger partial charge in [0.2, 0.25) is 0 Å². The first kappa shape index (κ1) is 17.7. The van der Waals surface area contributed by atoms with Crippen LogP contribution in [0.5, 0.6) is 0 Å². The molecule has 0 N–H and O–H groups in total. The van der Waals surface area contributed by atoms with Crippen LogP contribution in [0.3, 0.4) is 0 Å². The Hall–Kier alpha value is -1.11. The third kappa shape index (κ3) is 4.49. The molecule has 2 fully saturated rings. The normalized spacial score (nSPS) is 31.4. The molecular weight excluding hydrogens is 295 g/mol. The van der Waals surface area contributed by atoms with Gasteiger partial charge in [-0.2, -0.15) is 0 Å². The lowest BCUT2D eigenvalue weighted by Crippen LogP contribution is -2.25. The van der Waals surface area contributed by atoms with E-state index in [1.807, 2.05) is 0 Å². The molecule has 3 rings (SSSR count). The van der Waals surface area contributed by atoms with Crippen LogP contribution < -0.4 is 0 Å². The van der Waals surface area contributed by atoms with Crippen molar-refractivity contribution in [3.8, 4) is 0 Å². The Labute approximate surface area is 147 Å². The molecule has 2 aliphatic rings. The summed E-state index contributed by atoms with van der Waals surface area (Å²) in [6, 6.07) is 9.43. The van der Waals surface area contributed by atoms with Crippen LogP contribution in [0.25, 0.3) is 0 Å². The van der Waals surface area contributed by atoms with Crippen molar-refractivity contribution in [2.24, 2.45) is 17.8 Å². The zero-order valence-electron chi connectivity index (χ0n) is 15.2. The van der Waals surface area contributed by atoms with E-state index in [9.17, 15) is 4.39 Å². The van der Waals surface area contributed by atoms with Crippen LogP contribution in [0, 0.1) is 17.8 Å². The van der Waals surface area contributed by atoms with Crippen LogP contribution in [-0.2, 0) is 6.42 Å². The van der Waals surface area contributed by atoms with Gasteiger partial charge < -0.3 is 0 Å². The predicted molar refractivity (Wildman–Crippen MR) is 101 cm³/mol. The van der Waals surface area contributed by atoms with Crippen LogP contribution in [0.15, 0.2) is 36.7 Å². The average Bonchev–Trinajstić information content (AvgIpc) is 2.64. The van der Waals surface area contributed by atoms with Gasteiger partial charge in [-0.25, -0.2) is 4.39 Å². The minimum absolute atomic E-state index is 0.504. The van der Waals surface area contributed by atoms with Gasteiger partial charge in [-0.15, -0.1) is 0 Å². The molecule has 2 saturated carbocycles. The van der Waals surface area contributed by atoms with Crippen LogP contribution in [0.4, 0.5) is 4.39 Å². The molecule has 0 radical (unpaired) electrons. The lowest BCUT2D eigenvalue weighted by atomic mass is 9.68. The molecule has 2 aliphatic carbocycles. The molecule has 0 heterocycles. The summed E-state index contributed by atoms with van der Waals surface area (Å²) in [7, 11) is 0. The Bertz CT molecular complexity index is 499. The molecule has 0 saturated heterocycles. The largest absolute Gasteiger partial charge is 0.216 e. The van der Waals surface area contributed by atoms with Crippen LogP contribution in [0.1, 0.15) is 81.8 Å². The van der Waals surface area contributed by atoms with Crippen molar-refractivity contribution < 1.29 is 4.39 Å². The van der Waals surface area contributed by atoms with E-state index in [4.69, 9.17) is 0 Å². The summed E-state index contributed by atoms with van der Waals surface area (Å²) in [5.41, 5.74) is 3.04. The maximum absolute atomic E-state index is 12.3. The van der Waals surface area contributed by atoms with Crippen molar-refractivity contribution in [2.45, 2.75) is 77.0 Å². The third-order valence-electron chi connectivity index (χ3n) is 6.59. The molecule has 0 bridgehead atoms. The van der Waals surface area contributed by atoms with Gasteiger partial charge >= 0.3 is 0 Å². The quantitative estimate of drug-likeness (QED) is 0.536. The molecule has 0 nitrogen and oxygen atoms in total. The molecule has 0 aliphatic heterocycles. The van der Waals surface area contributed by atoms with Crippen LogP contribution in [-0.4, -0.2) is 0 Å². The monoisotopic (exact) mass is 328 g/mol. The molecule has 0 aromatic heterocycles. The number of allylic oxidation sites excluding steroid dienone is 1. The maximum Gasteiger partial charge on any atom is 0.0829 e. The van der Waals surface area contributed by atoms with Gasteiger partial charge in [0.25, 0.3) is 0 Å². The van der Waals surface area contributed by atoms with Gasteiger partial charge in [0, 0.05) is 0 Å². The Morgan fingerprint density at radius 1 is 0.875 bits per heavy atom. The molecular formula is C23H33F. The first-order valence-corrected chi connectivity index (χ1v) is 10.2. The number of benzene rings is 1. The van der Waals surface area contributed by atoms with E-state index in [0.29, 0.717) is 5.92 Å². The van der Waals surface area contributed by atoms with E-state index < -0.39 is 0 Å². The summed E-state index contributed by atoms with van der Waals surface area (Å²) in [5, 5.41) is 0. The highest BCUT2D eigenvalue weighted by Gasteiger charge is 2.30. The van der Waals surface area contributed by atoms with Crippen molar-refractivity contribution in [1.29, 1.82) is 0 Å². The highest BCUT2D eigenvalue weighted by atomic mass is 19.1. The first-order valence-electron chi connectivity index (χ1n) is 10.2. The zero-order chi connectivity index (χ0) is 16.8. The molecule has 0 atom stereocenters. The smallest absolute Gasteiger partial charge is 0.0829 e.